The van der Waals surface area contributed by atoms with E-state index < -0.39 is 5.97 Å². The molecule has 0 saturated heterocycles. The fourth-order valence-corrected chi connectivity index (χ4v) is 1.94. The molecular weight excluding hydrogens is 238 g/mol. The molecule has 1 heterocycles. The van der Waals surface area contributed by atoms with Gasteiger partial charge in [0.25, 0.3) is 0 Å². The molecule has 5 nitrogen and oxygen atoms in total. The third-order valence-corrected chi connectivity index (χ3v) is 3.08. The lowest BCUT2D eigenvalue weighted by Gasteiger charge is -2.24. The normalized spacial score (nSPS) is 11.1. The summed E-state index contributed by atoms with van der Waals surface area (Å²) in [5.74, 6) is -0.826. The molecular formula is C11H17N3O2S. The predicted octanol–water partition coefficient (Wildman–Crippen LogP) is 1.49. The monoisotopic (exact) mass is 255 g/mol. The maximum atomic E-state index is 10.8. The van der Waals surface area contributed by atoms with Gasteiger partial charge in [-0.3, -0.25) is 14.7 Å². The lowest BCUT2D eigenvalue weighted by molar-refractivity contribution is -0.139. The third-order valence-electron chi connectivity index (χ3n) is 2.35. The molecule has 17 heavy (non-hydrogen) atoms. The van der Waals surface area contributed by atoms with Crippen molar-refractivity contribution in [2.45, 2.75) is 31.5 Å². The summed E-state index contributed by atoms with van der Waals surface area (Å²) >= 11 is 1.52. The zero-order chi connectivity index (χ0) is 12.8. The largest absolute Gasteiger partial charge is 0.480 e. The highest BCUT2D eigenvalue weighted by atomic mass is 32.2. The van der Waals surface area contributed by atoms with Crippen LogP contribution in [0.1, 0.15) is 19.5 Å². The van der Waals surface area contributed by atoms with Gasteiger partial charge in [-0.05, 0) is 20.1 Å². The van der Waals surface area contributed by atoms with Crippen molar-refractivity contribution in [1.82, 2.24) is 14.9 Å². The third kappa shape index (κ3) is 4.32. The first-order valence-corrected chi connectivity index (χ1v) is 6.56. The van der Waals surface area contributed by atoms with Gasteiger partial charge < -0.3 is 5.11 Å². The van der Waals surface area contributed by atoms with Crippen molar-refractivity contribution in [3.05, 3.63) is 18.1 Å². The first kappa shape index (κ1) is 13.9. The van der Waals surface area contributed by atoms with E-state index in [4.69, 9.17) is 5.11 Å². The number of hydrogen-bond donors (Lipinski definition) is 1. The van der Waals surface area contributed by atoms with Crippen LogP contribution in [0.5, 0.6) is 0 Å². The van der Waals surface area contributed by atoms with Gasteiger partial charge in [-0.25, -0.2) is 4.98 Å². The van der Waals surface area contributed by atoms with Gasteiger partial charge in [0, 0.05) is 25.0 Å². The molecule has 1 N–H and O–H groups in total. The first-order chi connectivity index (χ1) is 8.04. The Kier molecular flexibility index (Phi) is 5.37. The minimum atomic E-state index is -0.826. The Hall–Kier alpha value is -1.14. The lowest BCUT2D eigenvalue weighted by Crippen LogP contribution is -2.35. The number of carboxylic acid groups (broad SMARTS) is 1. The van der Waals surface area contributed by atoms with Crippen molar-refractivity contribution >= 4 is 17.7 Å². The fraction of sp³-hybridized carbons (Fsp3) is 0.545. The summed E-state index contributed by atoms with van der Waals surface area (Å²) in [7, 11) is 0. The summed E-state index contributed by atoms with van der Waals surface area (Å²) in [6.07, 6.45) is 5.21. The van der Waals surface area contributed by atoms with Gasteiger partial charge in [-0.2, -0.15) is 0 Å². The standard InChI is InChI=1S/C11H17N3O2S/c1-8(2)14(7-10(15)16)6-9-11(17-3)13-5-4-12-9/h4-5,8H,6-7H2,1-3H3,(H,15,16). The molecule has 0 aliphatic heterocycles. The molecule has 0 amide bonds. The zero-order valence-corrected chi connectivity index (χ0v) is 11.1. The van der Waals surface area contributed by atoms with Crippen LogP contribution in [0.2, 0.25) is 0 Å². The molecule has 0 aliphatic carbocycles. The summed E-state index contributed by atoms with van der Waals surface area (Å²) in [5, 5.41) is 9.70. The van der Waals surface area contributed by atoms with Crippen LogP contribution < -0.4 is 0 Å². The Morgan fingerprint density at radius 3 is 2.65 bits per heavy atom. The van der Waals surface area contributed by atoms with Crippen LogP contribution >= 0.6 is 11.8 Å². The van der Waals surface area contributed by atoms with E-state index in [2.05, 4.69) is 9.97 Å². The Morgan fingerprint density at radius 1 is 1.47 bits per heavy atom. The Bertz CT molecular complexity index is 385. The van der Waals surface area contributed by atoms with Gasteiger partial charge in [0.05, 0.1) is 12.2 Å². The van der Waals surface area contributed by atoms with Gasteiger partial charge in [0.1, 0.15) is 5.03 Å². The number of thioether (sulfide) groups is 1. The second kappa shape index (κ2) is 6.56. The molecule has 0 bridgehead atoms. The summed E-state index contributed by atoms with van der Waals surface area (Å²) in [4.78, 5) is 21.1. The quantitative estimate of drug-likeness (QED) is 0.777. The van der Waals surface area contributed by atoms with Crippen LogP contribution in [0.25, 0.3) is 0 Å². The fourth-order valence-electron chi connectivity index (χ4n) is 1.42. The van der Waals surface area contributed by atoms with Crippen LogP contribution in [0, 0.1) is 0 Å². The van der Waals surface area contributed by atoms with Crippen LogP contribution in [0.3, 0.4) is 0 Å². The van der Waals surface area contributed by atoms with Gasteiger partial charge >= 0.3 is 5.97 Å². The van der Waals surface area contributed by atoms with E-state index in [1.165, 1.54) is 11.8 Å². The van der Waals surface area contributed by atoms with Gasteiger partial charge in [-0.15, -0.1) is 11.8 Å². The molecule has 0 saturated carbocycles. The number of rotatable bonds is 6. The lowest BCUT2D eigenvalue weighted by atomic mass is 10.3. The van der Waals surface area contributed by atoms with Crippen molar-refractivity contribution < 1.29 is 9.90 Å². The van der Waals surface area contributed by atoms with Crippen LogP contribution in [-0.4, -0.2) is 44.8 Å². The number of aliphatic carboxylic acids is 1. The molecule has 6 heteroatoms. The molecule has 0 spiro atoms. The van der Waals surface area contributed by atoms with E-state index in [9.17, 15) is 4.79 Å². The second-order valence-electron chi connectivity index (χ2n) is 3.90. The number of hydrogen-bond acceptors (Lipinski definition) is 5. The summed E-state index contributed by atoms with van der Waals surface area (Å²) in [6, 6.07) is 0.155. The molecule has 0 aliphatic rings. The highest BCUT2D eigenvalue weighted by molar-refractivity contribution is 7.98. The van der Waals surface area contributed by atoms with Crippen LogP contribution in [-0.2, 0) is 11.3 Å². The zero-order valence-electron chi connectivity index (χ0n) is 10.3. The minimum absolute atomic E-state index is 0.0159. The Labute approximate surface area is 105 Å². The number of aromatic nitrogens is 2. The topological polar surface area (TPSA) is 66.3 Å². The van der Waals surface area contributed by atoms with E-state index in [0.29, 0.717) is 6.54 Å². The molecule has 94 valence electrons. The van der Waals surface area contributed by atoms with Gasteiger partial charge in [0.15, 0.2) is 0 Å². The van der Waals surface area contributed by atoms with E-state index in [1.807, 2.05) is 25.0 Å². The maximum Gasteiger partial charge on any atom is 0.317 e. The highest BCUT2D eigenvalue weighted by Gasteiger charge is 2.16. The molecule has 0 unspecified atom stereocenters. The molecule has 0 fully saturated rings. The Balaban J connectivity index is 2.81. The van der Waals surface area contributed by atoms with E-state index in [0.717, 1.165) is 10.7 Å². The van der Waals surface area contributed by atoms with Crippen molar-refractivity contribution in [2.75, 3.05) is 12.8 Å². The number of carbonyl (C=O) groups is 1. The molecule has 0 aromatic carbocycles. The van der Waals surface area contributed by atoms with Crippen molar-refractivity contribution in [3.63, 3.8) is 0 Å². The Morgan fingerprint density at radius 2 is 2.12 bits per heavy atom. The molecule has 1 aromatic rings. The van der Waals surface area contributed by atoms with Gasteiger partial charge in [0.2, 0.25) is 0 Å². The summed E-state index contributed by atoms with van der Waals surface area (Å²) < 4.78 is 0. The van der Waals surface area contributed by atoms with E-state index in [1.54, 1.807) is 12.4 Å². The molecule has 1 rings (SSSR count). The van der Waals surface area contributed by atoms with Crippen molar-refractivity contribution in [3.8, 4) is 0 Å². The van der Waals surface area contributed by atoms with Crippen molar-refractivity contribution in [1.29, 1.82) is 0 Å². The highest BCUT2D eigenvalue weighted by Crippen LogP contribution is 2.17. The molecule has 0 atom stereocenters. The SMILES string of the molecule is CSc1nccnc1CN(CC(=O)O)C(C)C. The molecule has 1 aromatic heterocycles. The number of nitrogens with zero attached hydrogens (tertiary/aromatic N) is 3. The summed E-state index contributed by atoms with van der Waals surface area (Å²) in [5.41, 5.74) is 0.829. The van der Waals surface area contributed by atoms with Crippen molar-refractivity contribution in [2.24, 2.45) is 0 Å². The average Bonchev–Trinajstić information content (AvgIpc) is 2.28. The van der Waals surface area contributed by atoms with Crippen LogP contribution in [0.15, 0.2) is 17.4 Å². The second-order valence-corrected chi connectivity index (χ2v) is 4.70. The van der Waals surface area contributed by atoms with Gasteiger partial charge in [-0.1, -0.05) is 0 Å². The smallest absolute Gasteiger partial charge is 0.317 e. The molecule has 0 radical (unpaired) electrons. The first-order valence-electron chi connectivity index (χ1n) is 5.34. The van der Waals surface area contributed by atoms with E-state index in [-0.39, 0.29) is 12.6 Å². The van der Waals surface area contributed by atoms with E-state index >= 15 is 0 Å². The summed E-state index contributed by atoms with van der Waals surface area (Å²) in [6.45, 7) is 4.46. The maximum absolute atomic E-state index is 10.8. The minimum Gasteiger partial charge on any atom is -0.480 e. The van der Waals surface area contributed by atoms with Crippen LogP contribution in [0.4, 0.5) is 0 Å². The average molecular weight is 255 g/mol. The predicted molar refractivity (Wildman–Crippen MR) is 67.0 cm³/mol. The number of carboxylic acids is 1.